The summed E-state index contributed by atoms with van der Waals surface area (Å²) in [6, 6.07) is 4.10. The van der Waals surface area contributed by atoms with E-state index in [1.807, 2.05) is 31.4 Å². The van der Waals surface area contributed by atoms with Crippen molar-refractivity contribution in [3.05, 3.63) is 33.0 Å². The Hall–Kier alpha value is -1.73. The Morgan fingerprint density at radius 2 is 2.04 bits per heavy atom. The van der Waals surface area contributed by atoms with Crippen LogP contribution in [-0.4, -0.2) is 34.3 Å². The molecule has 1 aliphatic rings. The second-order valence-electron chi connectivity index (χ2n) is 6.78. The van der Waals surface area contributed by atoms with Crippen molar-refractivity contribution in [3.63, 3.8) is 0 Å². The van der Waals surface area contributed by atoms with E-state index in [2.05, 4.69) is 10.3 Å². The molecule has 2 aromatic heterocycles. The summed E-state index contributed by atoms with van der Waals surface area (Å²) in [6.07, 6.45) is 5.81. The van der Waals surface area contributed by atoms with Crippen LogP contribution in [0.25, 0.3) is 0 Å². The van der Waals surface area contributed by atoms with Crippen molar-refractivity contribution in [2.24, 2.45) is 0 Å². The van der Waals surface area contributed by atoms with Crippen LogP contribution in [0.15, 0.2) is 17.5 Å². The fraction of sp³-hybridized carbons (Fsp3) is 0.526. The van der Waals surface area contributed by atoms with Gasteiger partial charge in [-0.05, 0) is 38.1 Å². The number of carbonyl (C=O) groups excluding carboxylic acids is 2. The summed E-state index contributed by atoms with van der Waals surface area (Å²) >= 11 is 3.06. The molecule has 7 heteroatoms. The van der Waals surface area contributed by atoms with Crippen LogP contribution in [0.5, 0.6) is 0 Å². The zero-order chi connectivity index (χ0) is 18.5. The van der Waals surface area contributed by atoms with E-state index in [-0.39, 0.29) is 24.4 Å². The number of aryl methyl sites for hydroxylation is 2. The summed E-state index contributed by atoms with van der Waals surface area (Å²) in [7, 11) is 0. The highest BCUT2D eigenvalue weighted by Gasteiger charge is 2.27. The minimum absolute atomic E-state index is 0.0426. The van der Waals surface area contributed by atoms with Gasteiger partial charge in [-0.25, -0.2) is 4.98 Å². The summed E-state index contributed by atoms with van der Waals surface area (Å²) in [5.74, 6) is -0.121. The molecular weight excluding hydrogens is 366 g/mol. The Morgan fingerprint density at radius 1 is 1.27 bits per heavy atom. The predicted molar refractivity (Wildman–Crippen MR) is 107 cm³/mol. The highest BCUT2D eigenvalue weighted by Crippen LogP contribution is 2.25. The molecule has 1 fully saturated rings. The first kappa shape index (κ1) is 19.0. The van der Waals surface area contributed by atoms with Crippen molar-refractivity contribution in [3.8, 4) is 0 Å². The molecule has 0 atom stereocenters. The summed E-state index contributed by atoms with van der Waals surface area (Å²) in [6.45, 7) is 4.02. The number of nitrogens with zero attached hydrogens (tertiary/aromatic N) is 2. The van der Waals surface area contributed by atoms with Gasteiger partial charge in [0, 0.05) is 15.8 Å². The van der Waals surface area contributed by atoms with Gasteiger partial charge in [0.05, 0.1) is 12.1 Å². The number of nitrogens with one attached hydrogen (secondary N) is 1. The number of thiophene rings is 1. The fourth-order valence-corrected chi connectivity index (χ4v) is 4.84. The van der Waals surface area contributed by atoms with E-state index in [0.29, 0.717) is 11.6 Å². The van der Waals surface area contributed by atoms with Gasteiger partial charge in [-0.1, -0.05) is 25.3 Å². The maximum Gasteiger partial charge on any atom is 0.245 e. The summed E-state index contributed by atoms with van der Waals surface area (Å²) in [5, 5.41) is 5.45. The molecule has 2 heterocycles. The number of hydrogen-bond donors (Lipinski definition) is 1. The Kier molecular flexibility index (Phi) is 6.43. The van der Waals surface area contributed by atoms with Crippen LogP contribution in [0.3, 0.4) is 0 Å². The van der Waals surface area contributed by atoms with E-state index in [9.17, 15) is 9.59 Å². The Balaban J connectivity index is 1.67. The predicted octanol–water partition coefficient (Wildman–Crippen LogP) is 4.16. The first-order valence-electron chi connectivity index (χ1n) is 9.08. The number of amides is 2. The van der Waals surface area contributed by atoms with Crippen LogP contribution < -0.4 is 5.32 Å². The summed E-state index contributed by atoms with van der Waals surface area (Å²) < 4.78 is 0. The highest BCUT2D eigenvalue weighted by atomic mass is 32.1. The van der Waals surface area contributed by atoms with Gasteiger partial charge in [-0.3, -0.25) is 9.59 Å². The third kappa shape index (κ3) is 4.92. The molecule has 0 radical (unpaired) electrons. The van der Waals surface area contributed by atoms with Crippen LogP contribution in [0.2, 0.25) is 0 Å². The average Bonchev–Trinajstić information content (AvgIpc) is 3.23. The largest absolute Gasteiger partial charge is 0.330 e. The monoisotopic (exact) mass is 391 g/mol. The molecule has 0 unspecified atom stereocenters. The molecule has 0 saturated heterocycles. The van der Waals surface area contributed by atoms with Crippen molar-refractivity contribution < 1.29 is 9.59 Å². The van der Waals surface area contributed by atoms with Crippen LogP contribution >= 0.6 is 22.7 Å². The van der Waals surface area contributed by atoms with Gasteiger partial charge >= 0.3 is 0 Å². The lowest BCUT2D eigenvalue weighted by Gasteiger charge is -2.34. The third-order valence-electron chi connectivity index (χ3n) is 4.83. The van der Waals surface area contributed by atoms with Crippen LogP contribution in [0.1, 0.15) is 47.6 Å². The first-order chi connectivity index (χ1) is 12.5. The molecule has 1 aliphatic carbocycles. The number of rotatable bonds is 6. The lowest BCUT2D eigenvalue weighted by atomic mass is 9.94. The van der Waals surface area contributed by atoms with Crippen molar-refractivity contribution in [2.45, 2.75) is 58.4 Å². The normalized spacial score (nSPS) is 15.0. The minimum atomic E-state index is -0.163. The van der Waals surface area contributed by atoms with E-state index in [1.54, 1.807) is 16.2 Å². The minimum Gasteiger partial charge on any atom is -0.330 e. The van der Waals surface area contributed by atoms with Gasteiger partial charge in [0.15, 0.2) is 5.13 Å². The number of carbonyl (C=O) groups is 2. The Labute approximate surface area is 162 Å². The van der Waals surface area contributed by atoms with E-state index >= 15 is 0 Å². The topological polar surface area (TPSA) is 62.3 Å². The maximum atomic E-state index is 12.9. The van der Waals surface area contributed by atoms with Crippen molar-refractivity contribution in [1.82, 2.24) is 9.88 Å². The van der Waals surface area contributed by atoms with E-state index in [0.717, 1.165) is 41.1 Å². The smallest absolute Gasteiger partial charge is 0.245 e. The third-order valence-corrected chi connectivity index (χ3v) is 6.69. The molecular formula is C19H25N3O2S2. The van der Waals surface area contributed by atoms with Crippen LogP contribution in [0.4, 0.5) is 5.13 Å². The van der Waals surface area contributed by atoms with Crippen molar-refractivity contribution in [1.29, 1.82) is 0 Å². The van der Waals surface area contributed by atoms with Gasteiger partial charge in [0.25, 0.3) is 0 Å². The lowest BCUT2D eigenvalue weighted by Crippen LogP contribution is -2.46. The molecule has 0 aliphatic heterocycles. The van der Waals surface area contributed by atoms with Gasteiger partial charge < -0.3 is 10.2 Å². The molecule has 1 saturated carbocycles. The average molecular weight is 392 g/mol. The second kappa shape index (κ2) is 8.77. The fourth-order valence-electron chi connectivity index (χ4n) is 3.32. The molecule has 0 bridgehead atoms. The number of aromatic nitrogens is 1. The van der Waals surface area contributed by atoms with Crippen LogP contribution in [0, 0.1) is 13.8 Å². The van der Waals surface area contributed by atoms with Gasteiger partial charge in [-0.15, -0.1) is 22.7 Å². The molecule has 140 valence electrons. The molecule has 0 aromatic carbocycles. The van der Waals surface area contributed by atoms with E-state index < -0.39 is 0 Å². The van der Waals surface area contributed by atoms with Crippen molar-refractivity contribution in [2.75, 3.05) is 11.9 Å². The highest BCUT2D eigenvalue weighted by molar-refractivity contribution is 7.15. The molecule has 0 spiro atoms. The van der Waals surface area contributed by atoms with Crippen molar-refractivity contribution >= 4 is 39.6 Å². The van der Waals surface area contributed by atoms with Gasteiger partial charge in [0.2, 0.25) is 11.8 Å². The summed E-state index contributed by atoms with van der Waals surface area (Å²) in [4.78, 5) is 33.7. The number of thiazole rings is 1. The van der Waals surface area contributed by atoms with Gasteiger partial charge in [0.1, 0.15) is 6.54 Å². The molecule has 3 rings (SSSR count). The molecule has 2 aromatic rings. The number of anilines is 1. The van der Waals surface area contributed by atoms with E-state index in [1.165, 1.54) is 17.8 Å². The maximum absolute atomic E-state index is 12.9. The zero-order valence-corrected chi connectivity index (χ0v) is 16.9. The second-order valence-corrected chi connectivity index (χ2v) is 9.01. The first-order valence-corrected chi connectivity index (χ1v) is 10.8. The molecule has 5 nitrogen and oxygen atoms in total. The quantitative estimate of drug-likeness (QED) is 0.804. The van der Waals surface area contributed by atoms with Crippen LogP contribution in [-0.2, 0) is 16.0 Å². The summed E-state index contributed by atoms with van der Waals surface area (Å²) in [5.41, 5.74) is 0.934. The molecule has 2 amide bonds. The van der Waals surface area contributed by atoms with Gasteiger partial charge in [-0.2, -0.15) is 0 Å². The standard InChI is InChI=1S/C19H25N3O2S2/c1-13-14(2)26-19(20-13)21-17(23)12-22(15-7-4-3-5-8-15)18(24)11-16-9-6-10-25-16/h6,9-10,15H,3-5,7-8,11-12H2,1-2H3,(H,20,21,23). The zero-order valence-electron chi connectivity index (χ0n) is 15.3. The number of hydrogen-bond acceptors (Lipinski definition) is 5. The molecule has 1 N–H and O–H groups in total. The van der Waals surface area contributed by atoms with E-state index in [4.69, 9.17) is 0 Å². The lowest BCUT2D eigenvalue weighted by molar-refractivity contribution is -0.137. The Morgan fingerprint density at radius 3 is 2.65 bits per heavy atom. The SMILES string of the molecule is Cc1nc(NC(=O)CN(C(=O)Cc2cccs2)C2CCCCC2)sc1C. The molecule has 26 heavy (non-hydrogen) atoms. The Bertz CT molecular complexity index is 729.